The van der Waals surface area contributed by atoms with E-state index in [1.54, 1.807) is 4.70 Å². The summed E-state index contributed by atoms with van der Waals surface area (Å²) in [6.07, 6.45) is 23.4. The fourth-order valence-corrected chi connectivity index (χ4v) is 6.79. The van der Waals surface area contributed by atoms with Crippen LogP contribution in [0.15, 0.2) is 47.5 Å². The third-order valence-corrected chi connectivity index (χ3v) is 9.35. The van der Waals surface area contributed by atoms with E-state index in [-0.39, 0.29) is 20.4 Å². The first-order chi connectivity index (χ1) is 21.5. The predicted molar refractivity (Wildman–Crippen MR) is 193 cm³/mol. The Morgan fingerprint density at radius 1 is 0.400 bits per heavy atom. The SMILES string of the molecule is CCCCCc1cc(CCCCC)cc(C2=C(CCCC)C(CCCC)=C(c3cc(CCCC)cc(CCCC)c3)[N+]2=[N-])c1.[Pd]. The van der Waals surface area contributed by atoms with Gasteiger partial charge in [-0.15, -0.1) is 0 Å². The van der Waals surface area contributed by atoms with Gasteiger partial charge in [0.05, 0.1) is 0 Å². The first kappa shape index (κ1) is 39.4. The van der Waals surface area contributed by atoms with Gasteiger partial charge in [-0.3, -0.25) is 0 Å². The van der Waals surface area contributed by atoms with Crippen LogP contribution in [0.2, 0.25) is 0 Å². The molecule has 0 amide bonds. The van der Waals surface area contributed by atoms with Crippen LogP contribution in [0, 0.1) is 0 Å². The van der Waals surface area contributed by atoms with Crippen molar-refractivity contribution in [2.75, 3.05) is 0 Å². The van der Waals surface area contributed by atoms with E-state index in [0.717, 1.165) is 75.6 Å². The molecule has 1 heterocycles. The number of benzene rings is 2. The van der Waals surface area contributed by atoms with E-state index >= 15 is 0 Å². The molecule has 0 saturated carbocycles. The van der Waals surface area contributed by atoms with Crippen LogP contribution in [-0.2, 0) is 46.1 Å². The van der Waals surface area contributed by atoms with Gasteiger partial charge in [0.2, 0.25) is 11.4 Å². The quantitative estimate of drug-likeness (QED) is 0.0663. The van der Waals surface area contributed by atoms with Gasteiger partial charge in [0.25, 0.3) is 0 Å². The van der Waals surface area contributed by atoms with Crippen molar-refractivity contribution in [2.24, 2.45) is 0 Å². The monoisotopic (exact) mass is 702 g/mol. The Bertz CT molecular complexity index is 1200. The number of unbranched alkanes of at least 4 members (excludes halogenated alkanes) is 8. The smallest absolute Gasteiger partial charge is 0.211 e. The van der Waals surface area contributed by atoms with Gasteiger partial charge in [0.15, 0.2) is 0 Å². The van der Waals surface area contributed by atoms with Gasteiger partial charge in [-0.1, -0.05) is 105 Å². The Kier molecular flexibility index (Phi) is 19.1. The largest absolute Gasteiger partial charge is 0.493 e. The predicted octanol–water partition coefficient (Wildman–Crippen LogP) is 13.4. The first-order valence-electron chi connectivity index (χ1n) is 18.7. The summed E-state index contributed by atoms with van der Waals surface area (Å²) >= 11 is 0. The molecule has 2 nitrogen and oxygen atoms in total. The van der Waals surface area contributed by atoms with Gasteiger partial charge in [0, 0.05) is 42.7 Å². The molecule has 3 rings (SSSR count). The van der Waals surface area contributed by atoms with Gasteiger partial charge >= 0.3 is 0 Å². The Balaban J connectivity index is 0.00000705. The molecule has 0 aliphatic carbocycles. The molecule has 1 aliphatic heterocycles. The molecule has 0 bridgehead atoms. The molecule has 0 fully saturated rings. The van der Waals surface area contributed by atoms with Crippen LogP contribution >= 0.6 is 0 Å². The number of nitrogens with zero attached hydrogens (tertiary/aromatic N) is 2. The van der Waals surface area contributed by atoms with Crippen LogP contribution in [0.25, 0.3) is 16.9 Å². The zero-order valence-electron chi connectivity index (χ0n) is 29.8. The number of hydrogen-bond donors (Lipinski definition) is 0. The molecule has 0 spiro atoms. The van der Waals surface area contributed by atoms with E-state index in [9.17, 15) is 5.53 Å². The van der Waals surface area contributed by atoms with Crippen molar-refractivity contribution >= 4 is 11.4 Å². The van der Waals surface area contributed by atoms with Crippen molar-refractivity contribution in [1.82, 2.24) is 0 Å². The maximum Gasteiger partial charge on any atom is 0.211 e. The number of rotatable bonds is 22. The van der Waals surface area contributed by atoms with Crippen LogP contribution in [0.4, 0.5) is 0 Å². The molecular weight excluding hydrogens is 639 g/mol. The van der Waals surface area contributed by atoms with E-state index in [1.807, 2.05) is 0 Å². The average Bonchev–Trinajstić information content (AvgIpc) is 3.31. The average molecular weight is 703 g/mol. The number of aryl methyl sites for hydroxylation is 4. The summed E-state index contributed by atoms with van der Waals surface area (Å²) in [5.74, 6) is 0. The maximum atomic E-state index is 12.4. The second kappa shape index (κ2) is 21.9. The van der Waals surface area contributed by atoms with Crippen molar-refractivity contribution in [3.8, 4) is 0 Å². The van der Waals surface area contributed by atoms with Crippen LogP contribution in [0.5, 0.6) is 0 Å². The van der Waals surface area contributed by atoms with Gasteiger partial charge in [-0.2, -0.15) is 0 Å². The van der Waals surface area contributed by atoms with E-state index in [4.69, 9.17) is 0 Å². The summed E-state index contributed by atoms with van der Waals surface area (Å²) in [7, 11) is 0. The fraction of sp³-hybridized carbons (Fsp3) is 0.619. The van der Waals surface area contributed by atoms with E-state index < -0.39 is 0 Å². The minimum atomic E-state index is 0. The zero-order chi connectivity index (χ0) is 31.7. The summed E-state index contributed by atoms with van der Waals surface area (Å²) in [5, 5.41) is 0. The van der Waals surface area contributed by atoms with E-state index in [2.05, 4.69) is 77.9 Å². The van der Waals surface area contributed by atoms with Crippen molar-refractivity contribution in [3.05, 3.63) is 86.5 Å². The Labute approximate surface area is 291 Å². The van der Waals surface area contributed by atoms with Gasteiger partial charge < -0.3 is 5.53 Å². The Morgan fingerprint density at radius 3 is 1.00 bits per heavy atom. The Morgan fingerprint density at radius 2 is 0.689 bits per heavy atom. The van der Waals surface area contributed by atoms with Gasteiger partial charge in [-0.05, 0) is 124 Å². The third-order valence-electron chi connectivity index (χ3n) is 9.35. The van der Waals surface area contributed by atoms with Gasteiger partial charge in [0.1, 0.15) is 0 Å². The second-order valence-electron chi connectivity index (χ2n) is 13.4. The summed E-state index contributed by atoms with van der Waals surface area (Å²) in [6.45, 7) is 13.7. The van der Waals surface area contributed by atoms with Crippen molar-refractivity contribution < 1.29 is 25.1 Å². The molecule has 0 unspecified atom stereocenters. The molecule has 2 aromatic carbocycles. The Hall–Kier alpha value is -1.82. The van der Waals surface area contributed by atoms with E-state index in [1.165, 1.54) is 109 Å². The van der Waals surface area contributed by atoms with Crippen LogP contribution < -0.4 is 0 Å². The second-order valence-corrected chi connectivity index (χ2v) is 13.4. The molecule has 0 radical (unpaired) electrons. The van der Waals surface area contributed by atoms with Crippen LogP contribution in [-0.4, -0.2) is 4.70 Å². The number of hydrogen-bond acceptors (Lipinski definition) is 0. The molecule has 45 heavy (non-hydrogen) atoms. The molecule has 0 aromatic heterocycles. The molecule has 252 valence electrons. The first-order valence-corrected chi connectivity index (χ1v) is 18.7. The van der Waals surface area contributed by atoms with Crippen molar-refractivity contribution in [3.63, 3.8) is 0 Å². The van der Waals surface area contributed by atoms with E-state index in [0.29, 0.717) is 0 Å². The molecule has 2 aromatic rings. The van der Waals surface area contributed by atoms with Crippen LogP contribution in [0.1, 0.15) is 178 Å². The topological polar surface area (TPSA) is 25.3 Å². The minimum Gasteiger partial charge on any atom is -0.493 e. The molecule has 0 saturated heterocycles. The minimum absolute atomic E-state index is 0. The normalized spacial score (nSPS) is 13.2. The standard InChI is InChI=1S/C42H64N2.Pd/c1-7-13-19-23-35-28-36(24-20-14-8-2)32-38(31-35)42-40(26-18-12-6)39(25-17-11-5)41(44(42)43)37-29-33(21-15-9-3)27-34(30-37)22-16-10-4;/h27-32H,7-26H2,1-6H3;. The fourth-order valence-electron chi connectivity index (χ4n) is 6.79. The molecular formula is C42H64N2Pd. The van der Waals surface area contributed by atoms with Crippen molar-refractivity contribution in [1.29, 1.82) is 0 Å². The molecule has 0 atom stereocenters. The molecule has 1 aliphatic rings. The summed E-state index contributed by atoms with van der Waals surface area (Å²) in [6, 6.07) is 14.5. The zero-order valence-corrected chi connectivity index (χ0v) is 31.4. The summed E-state index contributed by atoms with van der Waals surface area (Å²) in [5.41, 5.74) is 25.4. The van der Waals surface area contributed by atoms with Crippen LogP contribution in [0.3, 0.4) is 0 Å². The number of allylic oxidation sites excluding steroid dienone is 2. The maximum absolute atomic E-state index is 12.4. The summed E-state index contributed by atoms with van der Waals surface area (Å²) in [4.78, 5) is 0. The summed E-state index contributed by atoms with van der Waals surface area (Å²) < 4.78 is 1.64. The molecule has 0 N–H and O–H groups in total. The third kappa shape index (κ3) is 11.7. The van der Waals surface area contributed by atoms with Gasteiger partial charge in [-0.25, -0.2) is 4.70 Å². The molecule has 3 heteroatoms. The van der Waals surface area contributed by atoms with Crippen molar-refractivity contribution in [2.45, 2.75) is 170 Å².